The summed E-state index contributed by atoms with van der Waals surface area (Å²) in [5.41, 5.74) is 0.774. The van der Waals surface area contributed by atoms with Gasteiger partial charge in [-0.15, -0.1) is 0 Å². The molecule has 1 aromatic carbocycles. The Morgan fingerprint density at radius 3 is 3.08 bits per heavy atom. The number of rotatable bonds is 0. The highest BCUT2D eigenvalue weighted by atomic mass is 16.5. The molecule has 0 radical (unpaired) electrons. The van der Waals surface area contributed by atoms with Gasteiger partial charge in [0.05, 0.1) is 5.56 Å². The number of phenols is 1. The summed E-state index contributed by atoms with van der Waals surface area (Å²) < 4.78 is 5.47. The summed E-state index contributed by atoms with van der Waals surface area (Å²) in [6.07, 6.45) is 3.90. The van der Waals surface area contributed by atoms with E-state index in [1.54, 1.807) is 12.1 Å². The van der Waals surface area contributed by atoms with Crippen LogP contribution in [0.25, 0.3) is 6.08 Å². The van der Waals surface area contributed by atoms with Gasteiger partial charge < -0.3 is 9.84 Å². The SMILES string of the molecule is CC1C=Cc2c(O)cccc2O1. The lowest BCUT2D eigenvalue weighted by molar-refractivity contribution is 0.264. The standard InChI is InChI=1S/C10H10O2/c1-7-5-6-8-9(11)3-2-4-10(8)12-7/h2-7,11H,1H3. The van der Waals surface area contributed by atoms with Gasteiger partial charge in [0.2, 0.25) is 0 Å². The predicted octanol–water partition coefficient (Wildman–Crippen LogP) is 2.19. The molecule has 0 saturated heterocycles. The molecule has 1 N–H and O–H groups in total. The van der Waals surface area contributed by atoms with E-state index in [1.807, 2.05) is 25.1 Å². The van der Waals surface area contributed by atoms with Crippen molar-refractivity contribution < 1.29 is 9.84 Å². The minimum atomic E-state index is 0.0966. The zero-order valence-corrected chi connectivity index (χ0v) is 6.82. The molecule has 1 atom stereocenters. The fourth-order valence-electron chi connectivity index (χ4n) is 1.27. The van der Waals surface area contributed by atoms with Crippen LogP contribution in [0.4, 0.5) is 0 Å². The monoisotopic (exact) mass is 162 g/mol. The molecular weight excluding hydrogens is 152 g/mol. The molecule has 0 amide bonds. The predicted molar refractivity (Wildman–Crippen MR) is 47.2 cm³/mol. The molecule has 1 aromatic rings. The van der Waals surface area contributed by atoms with E-state index >= 15 is 0 Å². The number of hydrogen-bond donors (Lipinski definition) is 1. The van der Waals surface area contributed by atoms with E-state index in [2.05, 4.69) is 0 Å². The highest BCUT2D eigenvalue weighted by Crippen LogP contribution is 2.32. The van der Waals surface area contributed by atoms with Crippen LogP contribution in [0.15, 0.2) is 24.3 Å². The molecule has 62 valence electrons. The van der Waals surface area contributed by atoms with E-state index < -0.39 is 0 Å². The fraction of sp³-hybridized carbons (Fsp3) is 0.200. The van der Waals surface area contributed by atoms with Crippen LogP contribution in [-0.4, -0.2) is 11.2 Å². The quantitative estimate of drug-likeness (QED) is 0.633. The number of aromatic hydroxyl groups is 1. The highest BCUT2D eigenvalue weighted by molar-refractivity contribution is 5.65. The number of hydrogen-bond acceptors (Lipinski definition) is 2. The lowest BCUT2D eigenvalue weighted by Gasteiger charge is -2.18. The maximum Gasteiger partial charge on any atom is 0.131 e. The number of fused-ring (bicyclic) bond motifs is 1. The Hall–Kier alpha value is -1.44. The first-order chi connectivity index (χ1) is 5.77. The molecule has 2 heteroatoms. The van der Waals surface area contributed by atoms with Crippen molar-refractivity contribution in [3.63, 3.8) is 0 Å². The average molecular weight is 162 g/mol. The molecule has 0 aromatic heterocycles. The van der Waals surface area contributed by atoms with Crippen molar-refractivity contribution in [2.75, 3.05) is 0 Å². The van der Waals surface area contributed by atoms with E-state index in [9.17, 15) is 5.11 Å². The van der Waals surface area contributed by atoms with Crippen molar-refractivity contribution in [2.24, 2.45) is 0 Å². The van der Waals surface area contributed by atoms with Crippen molar-refractivity contribution >= 4 is 6.08 Å². The molecule has 2 rings (SSSR count). The molecular formula is C10H10O2. The summed E-state index contributed by atoms with van der Waals surface area (Å²) in [5.74, 6) is 1.03. The third kappa shape index (κ3) is 1.05. The number of ether oxygens (including phenoxy) is 1. The van der Waals surface area contributed by atoms with Crippen LogP contribution in [0.2, 0.25) is 0 Å². The molecule has 1 aliphatic rings. The van der Waals surface area contributed by atoms with Crippen LogP contribution in [0.1, 0.15) is 12.5 Å². The third-order valence-corrected chi connectivity index (χ3v) is 1.89. The lowest BCUT2D eigenvalue weighted by atomic mass is 10.1. The van der Waals surface area contributed by atoms with Crippen molar-refractivity contribution in [3.8, 4) is 11.5 Å². The van der Waals surface area contributed by atoms with Gasteiger partial charge in [0, 0.05) is 0 Å². The van der Waals surface area contributed by atoms with E-state index in [-0.39, 0.29) is 11.9 Å². The Bertz CT molecular complexity index is 329. The first-order valence-electron chi connectivity index (χ1n) is 3.94. The largest absolute Gasteiger partial charge is 0.507 e. The van der Waals surface area contributed by atoms with E-state index in [4.69, 9.17) is 4.74 Å². The summed E-state index contributed by atoms with van der Waals surface area (Å²) in [6, 6.07) is 5.29. The molecule has 0 bridgehead atoms. The van der Waals surface area contributed by atoms with Gasteiger partial charge >= 0.3 is 0 Å². The highest BCUT2D eigenvalue weighted by Gasteiger charge is 2.12. The maximum absolute atomic E-state index is 9.41. The van der Waals surface area contributed by atoms with Gasteiger partial charge in [0.1, 0.15) is 17.6 Å². The molecule has 0 saturated carbocycles. The second kappa shape index (κ2) is 2.55. The molecule has 0 spiro atoms. The van der Waals surface area contributed by atoms with Gasteiger partial charge in [-0.25, -0.2) is 0 Å². The van der Waals surface area contributed by atoms with Gasteiger partial charge in [-0.1, -0.05) is 6.07 Å². The van der Waals surface area contributed by atoms with Crippen molar-refractivity contribution in [3.05, 3.63) is 29.8 Å². The summed E-state index contributed by atoms with van der Waals surface area (Å²) in [5, 5.41) is 9.41. The second-order valence-corrected chi connectivity index (χ2v) is 2.87. The Morgan fingerprint density at radius 1 is 1.42 bits per heavy atom. The zero-order valence-electron chi connectivity index (χ0n) is 6.82. The molecule has 1 heterocycles. The van der Waals surface area contributed by atoms with Crippen LogP contribution < -0.4 is 4.74 Å². The number of benzene rings is 1. The molecule has 0 fully saturated rings. The van der Waals surface area contributed by atoms with Gasteiger partial charge in [0.15, 0.2) is 0 Å². The third-order valence-electron chi connectivity index (χ3n) is 1.89. The smallest absolute Gasteiger partial charge is 0.131 e. The summed E-state index contributed by atoms with van der Waals surface area (Å²) in [7, 11) is 0. The van der Waals surface area contributed by atoms with Crippen LogP contribution >= 0.6 is 0 Å². The Morgan fingerprint density at radius 2 is 2.25 bits per heavy atom. The summed E-state index contributed by atoms with van der Waals surface area (Å²) >= 11 is 0. The molecule has 1 aliphatic heterocycles. The first-order valence-corrected chi connectivity index (χ1v) is 3.94. The van der Waals surface area contributed by atoms with E-state index in [0.29, 0.717) is 0 Å². The van der Waals surface area contributed by atoms with Gasteiger partial charge in [-0.3, -0.25) is 0 Å². The van der Waals surface area contributed by atoms with E-state index in [1.165, 1.54) is 0 Å². The summed E-state index contributed by atoms with van der Waals surface area (Å²) in [4.78, 5) is 0. The lowest BCUT2D eigenvalue weighted by Crippen LogP contribution is -2.11. The minimum Gasteiger partial charge on any atom is -0.507 e. The van der Waals surface area contributed by atoms with Crippen molar-refractivity contribution in [1.82, 2.24) is 0 Å². The molecule has 0 aliphatic carbocycles. The van der Waals surface area contributed by atoms with Gasteiger partial charge in [-0.05, 0) is 31.2 Å². The molecule has 1 unspecified atom stereocenters. The average Bonchev–Trinajstić information content (AvgIpc) is 2.04. The van der Waals surface area contributed by atoms with Crippen molar-refractivity contribution in [2.45, 2.75) is 13.0 Å². The zero-order chi connectivity index (χ0) is 8.55. The maximum atomic E-state index is 9.41. The second-order valence-electron chi connectivity index (χ2n) is 2.87. The summed E-state index contributed by atoms with van der Waals surface area (Å²) in [6.45, 7) is 1.96. The topological polar surface area (TPSA) is 29.5 Å². The minimum absolute atomic E-state index is 0.0966. The van der Waals surface area contributed by atoms with Crippen LogP contribution in [0, 0.1) is 0 Å². The van der Waals surface area contributed by atoms with Crippen LogP contribution in [0.3, 0.4) is 0 Å². The van der Waals surface area contributed by atoms with Crippen molar-refractivity contribution in [1.29, 1.82) is 0 Å². The first kappa shape index (κ1) is 7.22. The van der Waals surface area contributed by atoms with Crippen LogP contribution in [-0.2, 0) is 0 Å². The molecule has 2 nitrogen and oxygen atoms in total. The number of phenolic OH excluding ortho intramolecular Hbond substituents is 1. The fourth-order valence-corrected chi connectivity index (χ4v) is 1.27. The Balaban J connectivity index is 2.53. The van der Waals surface area contributed by atoms with Gasteiger partial charge in [0.25, 0.3) is 0 Å². The normalized spacial score (nSPS) is 19.9. The van der Waals surface area contributed by atoms with Gasteiger partial charge in [-0.2, -0.15) is 0 Å². The Labute approximate surface area is 71.1 Å². The Kier molecular flexibility index (Phi) is 1.54. The van der Waals surface area contributed by atoms with Crippen LogP contribution in [0.5, 0.6) is 11.5 Å². The van der Waals surface area contributed by atoms with E-state index in [0.717, 1.165) is 11.3 Å². The molecule has 12 heavy (non-hydrogen) atoms.